The van der Waals surface area contributed by atoms with Crippen LogP contribution >= 0.6 is 0 Å². The summed E-state index contributed by atoms with van der Waals surface area (Å²) in [5, 5.41) is 10.1. The Balaban J connectivity index is 1.89. The lowest BCUT2D eigenvalue weighted by molar-refractivity contribution is 0.165. The standard InChI is InChI=1S/C16H20O2/c1-2-4-13-6-8-14(9-7-13)16(17)11-10-15-5-3-12-18-15/h3,5-9,12,16-17H,2,4,10-11H2,1H3. The summed E-state index contributed by atoms with van der Waals surface area (Å²) in [6.07, 6.45) is 4.97. The maximum atomic E-state index is 10.1. The highest BCUT2D eigenvalue weighted by molar-refractivity contribution is 5.24. The fourth-order valence-corrected chi connectivity index (χ4v) is 2.10. The molecule has 1 unspecified atom stereocenters. The molecule has 1 N–H and O–H groups in total. The first kappa shape index (κ1) is 12.9. The Hall–Kier alpha value is -1.54. The predicted molar refractivity (Wildman–Crippen MR) is 72.4 cm³/mol. The minimum absolute atomic E-state index is 0.411. The average molecular weight is 244 g/mol. The number of hydrogen-bond acceptors (Lipinski definition) is 2. The molecule has 2 heteroatoms. The normalized spacial score (nSPS) is 12.6. The lowest BCUT2D eigenvalue weighted by Gasteiger charge is -2.10. The third-order valence-corrected chi connectivity index (χ3v) is 3.15. The first-order valence-corrected chi connectivity index (χ1v) is 6.59. The highest BCUT2D eigenvalue weighted by atomic mass is 16.3. The average Bonchev–Trinajstić information content (AvgIpc) is 2.90. The van der Waals surface area contributed by atoms with E-state index in [0.717, 1.165) is 30.6 Å². The van der Waals surface area contributed by atoms with Gasteiger partial charge >= 0.3 is 0 Å². The van der Waals surface area contributed by atoms with Crippen LogP contribution in [-0.4, -0.2) is 5.11 Å². The zero-order valence-electron chi connectivity index (χ0n) is 10.8. The third kappa shape index (κ3) is 3.47. The van der Waals surface area contributed by atoms with Crippen molar-refractivity contribution in [2.75, 3.05) is 0 Å². The van der Waals surface area contributed by atoms with E-state index in [1.54, 1.807) is 6.26 Å². The van der Waals surface area contributed by atoms with Gasteiger partial charge in [-0.15, -0.1) is 0 Å². The molecule has 1 aromatic heterocycles. The number of hydrogen-bond donors (Lipinski definition) is 1. The van der Waals surface area contributed by atoms with Gasteiger partial charge in [0, 0.05) is 6.42 Å². The Morgan fingerprint density at radius 3 is 2.50 bits per heavy atom. The van der Waals surface area contributed by atoms with E-state index < -0.39 is 6.10 Å². The molecule has 0 aliphatic heterocycles. The Morgan fingerprint density at radius 2 is 1.89 bits per heavy atom. The summed E-state index contributed by atoms with van der Waals surface area (Å²) >= 11 is 0. The number of aliphatic hydroxyl groups is 1. The second-order valence-electron chi connectivity index (χ2n) is 4.63. The van der Waals surface area contributed by atoms with E-state index in [1.807, 2.05) is 24.3 Å². The molecule has 0 aliphatic rings. The highest BCUT2D eigenvalue weighted by Gasteiger charge is 2.08. The summed E-state index contributed by atoms with van der Waals surface area (Å²) in [6, 6.07) is 12.1. The van der Waals surface area contributed by atoms with Crippen molar-refractivity contribution in [2.45, 2.75) is 38.7 Å². The summed E-state index contributed by atoms with van der Waals surface area (Å²) in [5.41, 5.74) is 2.32. The van der Waals surface area contributed by atoms with Gasteiger partial charge in [0.2, 0.25) is 0 Å². The fraction of sp³-hybridized carbons (Fsp3) is 0.375. The fourth-order valence-electron chi connectivity index (χ4n) is 2.10. The van der Waals surface area contributed by atoms with Gasteiger partial charge in [-0.25, -0.2) is 0 Å². The van der Waals surface area contributed by atoms with E-state index in [9.17, 15) is 5.11 Å². The first-order chi connectivity index (χ1) is 8.79. The van der Waals surface area contributed by atoms with Gasteiger partial charge in [0.15, 0.2) is 0 Å². The lowest BCUT2D eigenvalue weighted by Crippen LogP contribution is -1.99. The van der Waals surface area contributed by atoms with Gasteiger partial charge in [0.1, 0.15) is 5.76 Å². The van der Waals surface area contributed by atoms with E-state index in [1.165, 1.54) is 5.56 Å². The summed E-state index contributed by atoms with van der Waals surface area (Å²) in [4.78, 5) is 0. The van der Waals surface area contributed by atoms with Crippen LogP contribution in [0.3, 0.4) is 0 Å². The van der Waals surface area contributed by atoms with Crippen molar-refractivity contribution in [3.05, 3.63) is 59.5 Å². The summed E-state index contributed by atoms with van der Waals surface area (Å²) in [6.45, 7) is 2.17. The SMILES string of the molecule is CCCc1ccc(C(O)CCc2ccco2)cc1. The van der Waals surface area contributed by atoms with Crippen LogP contribution in [0.15, 0.2) is 47.1 Å². The van der Waals surface area contributed by atoms with Crippen LogP contribution in [0.1, 0.15) is 42.8 Å². The minimum atomic E-state index is -0.411. The third-order valence-electron chi connectivity index (χ3n) is 3.15. The molecule has 0 spiro atoms. The summed E-state index contributed by atoms with van der Waals surface area (Å²) < 4.78 is 5.26. The van der Waals surface area contributed by atoms with Crippen molar-refractivity contribution in [3.63, 3.8) is 0 Å². The Labute approximate surface area is 108 Å². The molecule has 0 fully saturated rings. The molecular weight excluding hydrogens is 224 g/mol. The van der Waals surface area contributed by atoms with Crippen LogP contribution in [0, 0.1) is 0 Å². The number of benzene rings is 1. The zero-order chi connectivity index (χ0) is 12.8. The zero-order valence-corrected chi connectivity index (χ0v) is 10.8. The molecule has 18 heavy (non-hydrogen) atoms. The van der Waals surface area contributed by atoms with E-state index in [4.69, 9.17) is 4.42 Å². The quantitative estimate of drug-likeness (QED) is 0.836. The number of aliphatic hydroxyl groups excluding tert-OH is 1. The van der Waals surface area contributed by atoms with Gasteiger partial charge in [0.05, 0.1) is 12.4 Å². The molecule has 0 saturated carbocycles. The molecule has 0 amide bonds. The molecule has 1 atom stereocenters. The van der Waals surface area contributed by atoms with E-state index >= 15 is 0 Å². The topological polar surface area (TPSA) is 33.4 Å². The summed E-state index contributed by atoms with van der Waals surface area (Å²) in [7, 11) is 0. The molecule has 0 bridgehead atoms. The summed E-state index contributed by atoms with van der Waals surface area (Å²) in [5.74, 6) is 0.927. The van der Waals surface area contributed by atoms with Gasteiger partial charge in [-0.05, 0) is 36.1 Å². The van der Waals surface area contributed by atoms with Gasteiger partial charge in [-0.3, -0.25) is 0 Å². The number of furan rings is 1. The van der Waals surface area contributed by atoms with Crippen molar-refractivity contribution < 1.29 is 9.52 Å². The Kier molecular flexibility index (Phi) is 4.59. The largest absolute Gasteiger partial charge is 0.469 e. The maximum absolute atomic E-state index is 10.1. The van der Waals surface area contributed by atoms with Crippen LogP contribution in [0.25, 0.3) is 0 Å². The van der Waals surface area contributed by atoms with Gasteiger partial charge < -0.3 is 9.52 Å². The van der Waals surface area contributed by atoms with Crippen molar-refractivity contribution in [1.82, 2.24) is 0 Å². The van der Waals surface area contributed by atoms with E-state index in [-0.39, 0.29) is 0 Å². The highest BCUT2D eigenvalue weighted by Crippen LogP contribution is 2.20. The second kappa shape index (κ2) is 6.41. The second-order valence-corrected chi connectivity index (χ2v) is 4.63. The molecule has 0 aliphatic carbocycles. The van der Waals surface area contributed by atoms with Crippen LogP contribution in [0.2, 0.25) is 0 Å². The van der Waals surface area contributed by atoms with Crippen molar-refractivity contribution >= 4 is 0 Å². The number of rotatable bonds is 6. The molecule has 1 aromatic carbocycles. The molecule has 0 radical (unpaired) electrons. The molecule has 2 nitrogen and oxygen atoms in total. The molecular formula is C16H20O2. The van der Waals surface area contributed by atoms with Gasteiger partial charge in [-0.2, -0.15) is 0 Å². The van der Waals surface area contributed by atoms with Gasteiger partial charge in [-0.1, -0.05) is 37.6 Å². The maximum Gasteiger partial charge on any atom is 0.103 e. The van der Waals surface area contributed by atoms with E-state index in [0.29, 0.717) is 6.42 Å². The van der Waals surface area contributed by atoms with Crippen molar-refractivity contribution in [2.24, 2.45) is 0 Å². The van der Waals surface area contributed by atoms with Crippen molar-refractivity contribution in [3.8, 4) is 0 Å². The van der Waals surface area contributed by atoms with Crippen LogP contribution < -0.4 is 0 Å². The van der Waals surface area contributed by atoms with Crippen LogP contribution in [0.4, 0.5) is 0 Å². The monoisotopic (exact) mass is 244 g/mol. The lowest BCUT2D eigenvalue weighted by atomic mass is 10.0. The van der Waals surface area contributed by atoms with Crippen LogP contribution in [-0.2, 0) is 12.8 Å². The van der Waals surface area contributed by atoms with Crippen LogP contribution in [0.5, 0.6) is 0 Å². The molecule has 2 aromatic rings. The Bertz CT molecular complexity index is 442. The Morgan fingerprint density at radius 1 is 1.11 bits per heavy atom. The first-order valence-electron chi connectivity index (χ1n) is 6.59. The van der Waals surface area contributed by atoms with E-state index in [2.05, 4.69) is 19.1 Å². The smallest absolute Gasteiger partial charge is 0.103 e. The molecule has 1 heterocycles. The minimum Gasteiger partial charge on any atom is -0.469 e. The molecule has 96 valence electrons. The molecule has 0 saturated heterocycles. The van der Waals surface area contributed by atoms with Crippen molar-refractivity contribution in [1.29, 1.82) is 0 Å². The number of aryl methyl sites for hydroxylation is 2. The predicted octanol–water partition coefficient (Wildman–Crippen LogP) is 3.90. The molecule has 2 rings (SSSR count). The van der Waals surface area contributed by atoms with Gasteiger partial charge in [0.25, 0.3) is 0 Å².